The smallest absolute Gasteiger partial charge is 0.341 e. The van der Waals surface area contributed by atoms with Crippen LogP contribution in [-0.2, 0) is 11.2 Å². The molecule has 0 radical (unpaired) electrons. The van der Waals surface area contributed by atoms with Gasteiger partial charge in [-0.15, -0.1) is 5.10 Å². The Morgan fingerprint density at radius 2 is 2.07 bits per heavy atom. The van der Waals surface area contributed by atoms with Crippen LogP contribution < -0.4 is 15.7 Å². The van der Waals surface area contributed by atoms with Crippen LogP contribution in [0.15, 0.2) is 41.2 Å². The summed E-state index contributed by atoms with van der Waals surface area (Å²) >= 11 is 0. The average molecular weight is 408 g/mol. The number of aromatic amines is 2. The molecular weight excluding hydrogens is 388 g/mol. The van der Waals surface area contributed by atoms with Crippen molar-refractivity contribution in [3.8, 4) is 16.9 Å². The molecule has 1 aliphatic heterocycles. The lowest BCUT2D eigenvalue weighted by molar-refractivity contribution is 0.0601. The summed E-state index contributed by atoms with van der Waals surface area (Å²) in [4.78, 5) is 37.7. The van der Waals surface area contributed by atoms with Gasteiger partial charge < -0.3 is 14.8 Å². The first-order valence-electron chi connectivity index (χ1n) is 9.37. The highest BCUT2D eigenvalue weighted by molar-refractivity contribution is 5.98. The van der Waals surface area contributed by atoms with Crippen LogP contribution >= 0.6 is 0 Å². The predicted octanol–water partition coefficient (Wildman–Crippen LogP) is 1.59. The molecule has 0 spiro atoms. The second-order valence-electron chi connectivity index (χ2n) is 7.02. The Hall–Kier alpha value is -3.88. The SMILES string of the molecule is COC(=O)c1ccccc1-c1cc(C)cc2c1O[C@@H](CNC(=O)c1n[nH]c(=O)[nH]1)C2. The molecule has 154 valence electrons. The highest BCUT2D eigenvalue weighted by Gasteiger charge is 2.28. The zero-order valence-corrected chi connectivity index (χ0v) is 16.4. The number of hydrogen-bond acceptors (Lipinski definition) is 6. The van der Waals surface area contributed by atoms with Gasteiger partial charge in [-0.1, -0.05) is 24.3 Å². The van der Waals surface area contributed by atoms with Gasteiger partial charge in [0.15, 0.2) is 0 Å². The van der Waals surface area contributed by atoms with Gasteiger partial charge in [-0.2, -0.15) is 0 Å². The Labute approximate surface area is 171 Å². The molecule has 3 aromatic rings. The lowest BCUT2D eigenvalue weighted by atomic mass is 9.94. The van der Waals surface area contributed by atoms with Crippen LogP contribution in [0.25, 0.3) is 11.1 Å². The highest BCUT2D eigenvalue weighted by Crippen LogP contribution is 2.41. The molecule has 1 atom stereocenters. The maximum atomic E-state index is 12.2. The first-order valence-corrected chi connectivity index (χ1v) is 9.37. The van der Waals surface area contributed by atoms with Crippen molar-refractivity contribution in [2.45, 2.75) is 19.4 Å². The molecule has 0 fully saturated rings. The third-order valence-corrected chi connectivity index (χ3v) is 4.87. The minimum atomic E-state index is -0.547. The molecule has 4 rings (SSSR count). The third kappa shape index (κ3) is 3.69. The van der Waals surface area contributed by atoms with E-state index >= 15 is 0 Å². The predicted molar refractivity (Wildman–Crippen MR) is 108 cm³/mol. The molecule has 1 aliphatic rings. The van der Waals surface area contributed by atoms with Crippen LogP contribution in [0.5, 0.6) is 5.75 Å². The molecule has 0 bridgehead atoms. The topological polar surface area (TPSA) is 126 Å². The maximum absolute atomic E-state index is 12.2. The van der Waals surface area contributed by atoms with Crippen LogP contribution in [0.4, 0.5) is 0 Å². The number of esters is 1. The maximum Gasteiger partial charge on any atom is 0.341 e. The van der Waals surface area contributed by atoms with Gasteiger partial charge in [0.2, 0.25) is 5.82 Å². The summed E-state index contributed by atoms with van der Waals surface area (Å²) in [6, 6.07) is 11.2. The first-order chi connectivity index (χ1) is 14.5. The number of nitrogens with zero attached hydrogens (tertiary/aromatic N) is 1. The molecule has 0 aliphatic carbocycles. The molecule has 9 nitrogen and oxygen atoms in total. The summed E-state index contributed by atoms with van der Waals surface area (Å²) in [6.07, 6.45) is 0.308. The number of benzene rings is 2. The Kier molecular flexibility index (Phi) is 5.09. The van der Waals surface area contributed by atoms with Gasteiger partial charge in [0, 0.05) is 12.0 Å². The van der Waals surface area contributed by atoms with E-state index in [4.69, 9.17) is 9.47 Å². The van der Waals surface area contributed by atoms with Crippen molar-refractivity contribution < 1.29 is 19.1 Å². The first kappa shape index (κ1) is 19.4. The highest BCUT2D eigenvalue weighted by atomic mass is 16.5. The number of ether oxygens (including phenoxy) is 2. The minimum Gasteiger partial charge on any atom is -0.487 e. The zero-order chi connectivity index (χ0) is 21.3. The fraction of sp³-hybridized carbons (Fsp3) is 0.238. The number of H-pyrrole nitrogens is 2. The summed E-state index contributed by atoms with van der Waals surface area (Å²) in [6.45, 7) is 2.22. The monoisotopic (exact) mass is 408 g/mol. The summed E-state index contributed by atoms with van der Waals surface area (Å²) in [7, 11) is 1.35. The molecule has 9 heteroatoms. The molecule has 2 heterocycles. The Morgan fingerprint density at radius 3 is 2.80 bits per heavy atom. The van der Waals surface area contributed by atoms with Gasteiger partial charge in [0.05, 0.1) is 19.2 Å². The summed E-state index contributed by atoms with van der Waals surface area (Å²) in [5.41, 5.74) is 3.46. The van der Waals surface area contributed by atoms with E-state index in [0.29, 0.717) is 17.7 Å². The number of hydrogen-bond donors (Lipinski definition) is 3. The number of fused-ring (bicyclic) bond motifs is 1. The van der Waals surface area contributed by atoms with Gasteiger partial charge in [-0.05, 0) is 35.7 Å². The van der Waals surface area contributed by atoms with Crippen LogP contribution in [0.2, 0.25) is 0 Å². The second kappa shape index (κ2) is 7.86. The molecule has 1 aromatic heterocycles. The number of carbonyl (C=O) groups is 2. The summed E-state index contributed by atoms with van der Waals surface area (Å²) in [5.74, 6) is -0.320. The fourth-order valence-corrected chi connectivity index (χ4v) is 3.58. The number of rotatable bonds is 5. The van der Waals surface area contributed by atoms with Gasteiger partial charge >= 0.3 is 11.7 Å². The molecular formula is C21H20N4O5. The number of aromatic nitrogens is 3. The van der Waals surface area contributed by atoms with E-state index in [9.17, 15) is 14.4 Å². The normalized spacial score (nSPS) is 14.7. The molecule has 0 saturated heterocycles. The number of aryl methyl sites for hydroxylation is 1. The zero-order valence-electron chi connectivity index (χ0n) is 16.4. The van der Waals surface area contributed by atoms with Crippen molar-refractivity contribution in [1.29, 1.82) is 0 Å². The van der Waals surface area contributed by atoms with Crippen molar-refractivity contribution in [3.05, 3.63) is 69.4 Å². The van der Waals surface area contributed by atoms with Crippen molar-refractivity contribution in [2.75, 3.05) is 13.7 Å². The van der Waals surface area contributed by atoms with Crippen molar-refractivity contribution in [2.24, 2.45) is 0 Å². The van der Waals surface area contributed by atoms with Gasteiger partial charge in [-0.3, -0.25) is 9.78 Å². The third-order valence-electron chi connectivity index (χ3n) is 4.87. The quantitative estimate of drug-likeness (QED) is 0.551. The number of carbonyl (C=O) groups excluding carboxylic acids is 2. The number of amides is 1. The van der Waals surface area contributed by atoms with Crippen LogP contribution in [0.1, 0.15) is 32.1 Å². The van der Waals surface area contributed by atoms with E-state index in [1.165, 1.54) is 7.11 Å². The van der Waals surface area contributed by atoms with Crippen molar-refractivity contribution >= 4 is 11.9 Å². The van der Waals surface area contributed by atoms with Gasteiger partial charge in [0.25, 0.3) is 5.91 Å². The van der Waals surface area contributed by atoms with Crippen LogP contribution in [-0.4, -0.2) is 46.8 Å². The molecule has 3 N–H and O–H groups in total. The molecule has 1 amide bonds. The van der Waals surface area contributed by atoms with Crippen LogP contribution in [0, 0.1) is 6.92 Å². The van der Waals surface area contributed by atoms with E-state index in [1.807, 2.05) is 31.2 Å². The van der Waals surface area contributed by atoms with Gasteiger partial charge in [-0.25, -0.2) is 14.7 Å². The summed E-state index contributed by atoms with van der Waals surface area (Å²) in [5, 5.41) is 8.47. The van der Waals surface area contributed by atoms with Crippen LogP contribution in [0.3, 0.4) is 0 Å². The average Bonchev–Trinajstić information content (AvgIpc) is 3.36. The van der Waals surface area contributed by atoms with E-state index in [0.717, 1.165) is 22.3 Å². The minimum absolute atomic E-state index is 0.0842. The van der Waals surface area contributed by atoms with Crippen molar-refractivity contribution in [3.63, 3.8) is 0 Å². The lowest BCUT2D eigenvalue weighted by Gasteiger charge is -2.15. The Morgan fingerprint density at radius 1 is 1.27 bits per heavy atom. The van der Waals surface area contributed by atoms with E-state index in [1.54, 1.807) is 12.1 Å². The number of methoxy groups -OCH3 is 1. The largest absolute Gasteiger partial charge is 0.487 e. The van der Waals surface area contributed by atoms with Crippen molar-refractivity contribution in [1.82, 2.24) is 20.5 Å². The summed E-state index contributed by atoms with van der Waals surface area (Å²) < 4.78 is 11.1. The molecule has 30 heavy (non-hydrogen) atoms. The molecule has 0 saturated carbocycles. The van der Waals surface area contributed by atoms with E-state index in [2.05, 4.69) is 20.5 Å². The van der Waals surface area contributed by atoms with E-state index < -0.39 is 17.6 Å². The van der Waals surface area contributed by atoms with E-state index in [-0.39, 0.29) is 18.5 Å². The lowest BCUT2D eigenvalue weighted by Crippen LogP contribution is -2.35. The standard InChI is InChI=1S/C21H20N4O5/c1-11-7-12-9-13(10-22-19(26)18-23-21(28)25-24-18)30-17(12)16(8-11)14-5-3-4-6-15(14)20(27)29-2/h3-8,13H,9-10H2,1-2H3,(H,22,26)(H2,23,24,25,28)/t13-/m1/s1. The fourth-order valence-electron chi connectivity index (χ4n) is 3.58. The Bertz CT molecular complexity index is 1180. The molecule has 2 aromatic carbocycles. The number of nitrogens with one attached hydrogen (secondary N) is 3. The second-order valence-corrected chi connectivity index (χ2v) is 7.02. The van der Waals surface area contributed by atoms with Gasteiger partial charge in [0.1, 0.15) is 11.9 Å². The molecule has 0 unspecified atom stereocenters. The Balaban J connectivity index is 1.58.